The second kappa shape index (κ2) is 7.87. The van der Waals surface area contributed by atoms with E-state index in [9.17, 15) is 4.39 Å². The van der Waals surface area contributed by atoms with E-state index < -0.39 is 5.95 Å². The van der Waals surface area contributed by atoms with Gasteiger partial charge < -0.3 is 5.73 Å². The normalized spacial score (nSPS) is 25.1. The summed E-state index contributed by atoms with van der Waals surface area (Å²) < 4.78 is 13.6. The SMILES string of the molecule is CC(S)/C=C\C(=C(/N)F)c1ccc(C2CCC(C)CC2)cc1. The molecule has 1 aliphatic carbocycles. The van der Waals surface area contributed by atoms with Gasteiger partial charge in [0.1, 0.15) is 0 Å². The van der Waals surface area contributed by atoms with Gasteiger partial charge in [-0.05, 0) is 42.7 Å². The number of allylic oxidation sites excluding steroid dienone is 2. The van der Waals surface area contributed by atoms with Crippen LogP contribution in [0.5, 0.6) is 0 Å². The maximum atomic E-state index is 13.6. The largest absolute Gasteiger partial charge is 0.375 e. The van der Waals surface area contributed by atoms with Gasteiger partial charge in [-0.1, -0.05) is 56.2 Å². The first kappa shape index (κ1) is 17.1. The van der Waals surface area contributed by atoms with Crippen LogP contribution in [-0.4, -0.2) is 5.25 Å². The first-order valence-corrected chi connectivity index (χ1v) is 8.61. The van der Waals surface area contributed by atoms with Crippen molar-refractivity contribution in [2.24, 2.45) is 11.7 Å². The van der Waals surface area contributed by atoms with Gasteiger partial charge in [-0.25, -0.2) is 0 Å². The van der Waals surface area contributed by atoms with Crippen LogP contribution in [0.25, 0.3) is 5.57 Å². The molecule has 0 amide bonds. The molecule has 0 heterocycles. The highest BCUT2D eigenvalue weighted by atomic mass is 32.1. The van der Waals surface area contributed by atoms with E-state index in [-0.39, 0.29) is 5.25 Å². The first-order chi connectivity index (χ1) is 10.5. The average Bonchev–Trinajstić information content (AvgIpc) is 2.48. The predicted molar refractivity (Wildman–Crippen MR) is 96.6 cm³/mol. The van der Waals surface area contributed by atoms with Crippen LogP contribution < -0.4 is 5.73 Å². The number of hydrogen-bond acceptors (Lipinski definition) is 2. The topological polar surface area (TPSA) is 26.0 Å². The predicted octanol–water partition coefficient (Wildman–Crippen LogP) is 5.45. The Morgan fingerprint density at radius 1 is 1.23 bits per heavy atom. The van der Waals surface area contributed by atoms with Gasteiger partial charge in [-0.2, -0.15) is 17.0 Å². The van der Waals surface area contributed by atoms with Crippen molar-refractivity contribution in [3.8, 4) is 0 Å². The second-order valence-corrected chi connectivity index (χ2v) is 7.25. The van der Waals surface area contributed by atoms with E-state index in [0.29, 0.717) is 11.5 Å². The standard InChI is InChI=1S/C19H26FNS/c1-13-3-6-15(7-4-13)16-8-10-17(11-9-16)18(19(20)21)12-5-14(2)22/h5,8-15,22H,3-4,6-7,21H2,1-2H3/b12-5-,19-18+. The molecule has 1 nitrogen and oxygen atoms in total. The maximum absolute atomic E-state index is 13.6. The Bertz CT molecular complexity index is 533. The molecule has 0 aromatic heterocycles. The molecule has 120 valence electrons. The Morgan fingerprint density at radius 3 is 2.32 bits per heavy atom. The number of hydrogen-bond donors (Lipinski definition) is 2. The number of thiol groups is 1. The Morgan fingerprint density at radius 2 is 1.82 bits per heavy atom. The van der Waals surface area contributed by atoms with Gasteiger partial charge in [-0.3, -0.25) is 0 Å². The molecule has 1 unspecified atom stereocenters. The Kier molecular flexibility index (Phi) is 6.13. The number of benzene rings is 1. The van der Waals surface area contributed by atoms with Gasteiger partial charge in [0.25, 0.3) is 0 Å². The van der Waals surface area contributed by atoms with Crippen LogP contribution in [0.1, 0.15) is 56.6 Å². The lowest BCUT2D eigenvalue weighted by Gasteiger charge is -2.26. The van der Waals surface area contributed by atoms with Crippen LogP contribution in [0, 0.1) is 5.92 Å². The molecule has 0 radical (unpaired) electrons. The minimum atomic E-state index is -0.649. The Labute approximate surface area is 138 Å². The zero-order chi connectivity index (χ0) is 16.1. The number of rotatable bonds is 4. The smallest absolute Gasteiger partial charge is 0.192 e. The molecule has 0 aliphatic heterocycles. The summed E-state index contributed by atoms with van der Waals surface area (Å²) >= 11 is 4.27. The number of halogens is 1. The molecule has 2 rings (SSSR count). The highest BCUT2D eigenvalue weighted by Crippen LogP contribution is 2.36. The van der Waals surface area contributed by atoms with E-state index in [2.05, 4.69) is 31.7 Å². The minimum absolute atomic E-state index is 0.0675. The first-order valence-electron chi connectivity index (χ1n) is 8.09. The van der Waals surface area contributed by atoms with Gasteiger partial charge >= 0.3 is 0 Å². The van der Waals surface area contributed by atoms with Crippen LogP contribution in [0.4, 0.5) is 4.39 Å². The molecule has 22 heavy (non-hydrogen) atoms. The Balaban J connectivity index is 2.15. The van der Waals surface area contributed by atoms with Gasteiger partial charge in [0.05, 0.1) is 0 Å². The fourth-order valence-electron chi connectivity index (χ4n) is 3.08. The molecule has 0 bridgehead atoms. The summed E-state index contributed by atoms with van der Waals surface area (Å²) in [6.45, 7) is 4.26. The van der Waals surface area contributed by atoms with Crippen molar-refractivity contribution in [1.82, 2.24) is 0 Å². The lowest BCUT2D eigenvalue weighted by atomic mass is 9.79. The molecule has 1 fully saturated rings. The fraction of sp³-hybridized carbons (Fsp3) is 0.474. The molecule has 0 spiro atoms. The molecular formula is C19H26FNS. The van der Waals surface area contributed by atoms with Crippen LogP contribution in [0.3, 0.4) is 0 Å². The molecule has 1 aromatic carbocycles. The van der Waals surface area contributed by atoms with Crippen molar-refractivity contribution in [1.29, 1.82) is 0 Å². The number of nitrogens with two attached hydrogens (primary N) is 1. The summed E-state index contributed by atoms with van der Waals surface area (Å²) in [4.78, 5) is 0. The van der Waals surface area contributed by atoms with Gasteiger partial charge in [0, 0.05) is 10.8 Å². The summed E-state index contributed by atoms with van der Waals surface area (Å²) in [5.74, 6) is 0.850. The van der Waals surface area contributed by atoms with Crippen LogP contribution in [0.2, 0.25) is 0 Å². The van der Waals surface area contributed by atoms with E-state index in [4.69, 9.17) is 5.73 Å². The summed E-state index contributed by atoms with van der Waals surface area (Å²) in [5, 5.41) is 0.0675. The third kappa shape index (κ3) is 4.64. The lowest BCUT2D eigenvalue weighted by Crippen LogP contribution is -2.10. The van der Waals surface area contributed by atoms with Crippen LogP contribution in [-0.2, 0) is 0 Å². The van der Waals surface area contributed by atoms with Crippen molar-refractivity contribution in [2.45, 2.75) is 50.7 Å². The molecule has 3 heteroatoms. The van der Waals surface area contributed by atoms with Crippen molar-refractivity contribution >= 4 is 18.2 Å². The van der Waals surface area contributed by atoms with Gasteiger partial charge in [0.15, 0.2) is 5.95 Å². The Hall–Kier alpha value is -1.22. The van der Waals surface area contributed by atoms with Crippen molar-refractivity contribution in [3.05, 3.63) is 53.5 Å². The van der Waals surface area contributed by atoms with Crippen LogP contribution in [0.15, 0.2) is 42.4 Å². The molecular weight excluding hydrogens is 293 g/mol. The van der Waals surface area contributed by atoms with E-state index in [0.717, 1.165) is 11.5 Å². The lowest BCUT2D eigenvalue weighted by molar-refractivity contribution is 0.348. The third-order valence-electron chi connectivity index (χ3n) is 4.51. The molecule has 0 saturated heterocycles. The van der Waals surface area contributed by atoms with Gasteiger partial charge in [-0.15, -0.1) is 0 Å². The van der Waals surface area contributed by atoms with Crippen molar-refractivity contribution in [2.75, 3.05) is 0 Å². The minimum Gasteiger partial charge on any atom is -0.375 e. The molecule has 1 atom stereocenters. The van der Waals surface area contributed by atoms with Crippen LogP contribution >= 0.6 is 12.6 Å². The zero-order valence-corrected chi connectivity index (χ0v) is 14.3. The molecule has 1 aliphatic rings. The molecule has 1 aromatic rings. The quantitative estimate of drug-likeness (QED) is 0.431. The summed E-state index contributed by atoms with van der Waals surface area (Å²) in [6, 6.07) is 8.19. The van der Waals surface area contributed by atoms with E-state index in [1.807, 2.05) is 25.1 Å². The van der Waals surface area contributed by atoms with E-state index >= 15 is 0 Å². The van der Waals surface area contributed by atoms with Crippen molar-refractivity contribution in [3.63, 3.8) is 0 Å². The summed E-state index contributed by atoms with van der Waals surface area (Å²) in [6.07, 6.45) is 8.66. The maximum Gasteiger partial charge on any atom is 0.192 e. The molecule has 1 saturated carbocycles. The summed E-state index contributed by atoms with van der Waals surface area (Å²) in [7, 11) is 0. The molecule has 2 N–H and O–H groups in total. The summed E-state index contributed by atoms with van der Waals surface area (Å²) in [5.41, 5.74) is 8.00. The van der Waals surface area contributed by atoms with Gasteiger partial charge in [0.2, 0.25) is 0 Å². The highest BCUT2D eigenvalue weighted by Gasteiger charge is 2.19. The second-order valence-electron chi connectivity index (χ2n) is 6.44. The van der Waals surface area contributed by atoms with Crippen molar-refractivity contribution < 1.29 is 4.39 Å². The highest BCUT2D eigenvalue weighted by molar-refractivity contribution is 7.81. The zero-order valence-electron chi connectivity index (χ0n) is 13.4. The fourth-order valence-corrected chi connectivity index (χ4v) is 3.16. The van der Waals surface area contributed by atoms with E-state index in [1.165, 1.54) is 31.2 Å². The monoisotopic (exact) mass is 319 g/mol. The average molecular weight is 319 g/mol. The third-order valence-corrected chi connectivity index (χ3v) is 4.68. The van der Waals surface area contributed by atoms with E-state index in [1.54, 1.807) is 6.08 Å².